The van der Waals surface area contributed by atoms with Crippen molar-refractivity contribution in [3.8, 4) is 28.3 Å². The second-order valence-electron chi connectivity index (χ2n) is 10.5. The summed E-state index contributed by atoms with van der Waals surface area (Å²) in [6.45, 7) is 0. The molecule has 0 spiro atoms. The second kappa shape index (κ2) is 9.06. The number of fused-ring (bicyclic) bond motifs is 8. The Morgan fingerprint density at radius 3 is 2.19 bits per heavy atom. The van der Waals surface area contributed by atoms with Crippen LogP contribution in [0.2, 0.25) is 0 Å². The Hall–Kier alpha value is -5.39. The third kappa shape index (κ3) is 3.44. The fourth-order valence-corrected chi connectivity index (χ4v) is 7.25. The van der Waals surface area contributed by atoms with E-state index in [4.69, 9.17) is 9.97 Å². The van der Waals surface area contributed by atoms with Crippen molar-refractivity contribution in [3.63, 3.8) is 0 Å². The van der Waals surface area contributed by atoms with Crippen LogP contribution in [0.4, 0.5) is 0 Å². The van der Waals surface area contributed by atoms with E-state index in [2.05, 4.69) is 113 Å². The Balaban J connectivity index is 1.27. The van der Waals surface area contributed by atoms with Crippen LogP contribution < -0.4 is 0 Å². The molecule has 0 atom stereocenters. The largest absolute Gasteiger partial charge is 0.309 e. The third-order valence-electron chi connectivity index (χ3n) is 8.08. The molecule has 4 heterocycles. The summed E-state index contributed by atoms with van der Waals surface area (Å²) in [5.41, 5.74) is 7.46. The Kier molecular flexibility index (Phi) is 5.03. The van der Waals surface area contributed by atoms with Crippen LogP contribution in [0, 0.1) is 0 Å². The fraction of sp³-hybridized carbons (Fsp3) is 0. The minimum atomic E-state index is 0.721. The van der Waals surface area contributed by atoms with Gasteiger partial charge < -0.3 is 4.57 Å². The number of rotatable bonds is 3. The van der Waals surface area contributed by atoms with Gasteiger partial charge in [0, 0.05) is 54.6 Å². The van der Waals surface area contributed by atoms with E-state index in [9.17, 15) is 0 Å². The van der Waals surface area contributed by atoms with Crippen molar-refractivity contribution in [1.29, 1.82) is 0 Å². The fourth-order valence-electron chi connectivity index (χ4n) is 6.20. The molecular weight excluding hydrogens is 533 g/mol. The molecule has 0 unspecified atom stereocenters. The molecule has 9 rings (SSSR count). The Bertz CT molecular complexity index is 2460. The lowest BCUT2D eigenvalue weighted by Gasteiger charge is -2.12. The van der Waals surface area contributed by atoms with Gasteiger partial charge in [-0.3, -0.25) is 0 Å². The Labute approximate surface area is 245 Å². The number of para-hydroxylation sites is 2. The van der Waals surface area contributed by atoms with Gasteiger partial charge in [0.1, 0.15) is 4.83 Å². The molecule has 4 aromatic heterocycles. The van der Waals surface area contributed by atoms with E-state index in [1.807, 2.05) is 30.5 Å². The van der Waals surface area contributed by atoms with E-state index < -0.39 is 0 Å². The third-order valence-corrected chi connectivity index (χ3v) is 9.16. The standard InChI is InChI=1S/C37H22N4S/c1-2-9-23(10-3-1)34-28-12-4-6-14-30(28)39-36(40-34)24-16-18-25(19-17-24)41-31-15-7-5-11-26(31)27-20-21-32-33(35(27)41)29-13-8-22-38-37(29)42-32/h1-22H. The van der Waals surface area contributed by atoms with Crippen molar-refractivity contribution >= 4 is 64.3 Å². The van der Waals surface area contributed by atoms with Gasteiger partial charge in [0.05, 0.1) is 22.2 Å². The van der Waals surface area contributed by atoms with Crippen LogP contribution in [0.5, 0.6) is 0 Å². The smallest absolute Gasteiger partial charge is 0.160 e. The van der Waals surface area contributed by atoms with Gasteiger partial charge >= 0.3 is 0 Å². The molecule has 0 bridgehead atoms. The van der Waals surface area contributed by atoms with E-state index in [-0.39, 0.29) is 0 Å². The first-order chi connectivity index (χ1) is 20.8. The Morgan fingerprint density at radius 1 is 0.548 bits per heavy atom. The van der Waals surface area contributed by atoms with Gasteiger partial charge in [0.15, 0.2) is 5.82 Å². The van der Waals surface area contributed by atoms with Crippen LogP contribution in [-0.4, -0.2) is 19.5 Å². The Morgan fingerprint density at radius 2 is 1.31 bits per heavy atom. The molecule has 9 aromatic rings. The topological polar surface area (TPSA) is 43.6 Å². The van der Waals surface area contributed by atoms with Crippen molar-refractivity contribution < 1.29 is 0 Å². The zero-order valence-electron chi connectivity index (χ0n) is 22.4. The first-order valence-corrected chi connectivity index (χ1v) is 14.8. The first kappa shape index (κ1) is 23.3. The molecular formula is C37H22N4S. The molecule has 0 fully saturated rings. The molecule has 42 heavy (non-hydrogen) atoms. The molecule has 0 N–H and O–H groups in total. The molecule has 0 amide bonds. The molecule has 0 saturated heterocycles. The summed E-state index contributed by atoms with van der Waals surface area (Å²) in [5, 5.41) is 5.99. The minimum Gasteiger partial charge on any atom is -0.309 e. The van der Waals surface area contributed by atoms with Crippen molar-refractivity contribution in [1.82, 2.24) is 19.5 Å². The highest BCUT2D eigenvalue weighted by atomic mass is 32.1. The van der Waals surface area contributed by atoms with Crippen molar-refractivity contribution in [2.75, 3.05) is 0 Å². The van der Waals surface area contributed by atoms with Gasteiger partial charge in [-0.25, -0.2) is 15.0 Å². The van der Waals surface area contributed by atoms with E-state index >= 15 is 0 Å². The average molecular weight is 555 g/mol. The summed E-state index contributed by atoms with van der Waals surface area (Å²) in [7, 11) is 0. The lowest BCUT2D eigenvalue weighted by atomic mass is 10.1. The van der Waals surface area contributed by atoms with Crippen LogP contribution in [0.3, 0.4) is 0 Å². The maximum atomic E-state index is 5.08. The SMILES string of the molecule is c1ccc(-c2nc(-c3ccc(-n4c5ccccc5c5ccc6sc7ncccc7c6c54)cc3)nc3ccccc23)cc1. The maximum absolute atomic E-state index is 5.08. The number of aromatic nitrogens is 4. The number of hydrogen-bond donors (Lipinski definition) is 0. The number of pyridine rings is 1. The highest BCUT2D eigenvalue weighted by Crippen LogP contribution is 2.42. The van der Waals surface area contributed by atoms with Gasteiger partial charge in [0.25, 0.3) is 0 Å². The predicted molar refractivity (Wildman–Crippen MR) is 175 cm³/mol. The van der Waals surface area contributed by atoms with Gasteiger partial charge in [-0.1, -0.05) is 72.8 Å². The van der Waals surface area contributed by atoms with Gasteiger partial charge in [-0.2, -0.15) is 0 Å². The van der Waals surface area contributed by atoms with Crippen molar-refractivity contribution in [3.05, 3.63) is 134 Å². The van der Waals surface area contributed by atoms with E-state index in [0.717, 1.165) is 44.1 Å². The lowest BCUT2D eigenvalue weighted by Crippen LogP contribution is -1.97. The quantitative estimate of drug-likeness (QED) is 0.218. The molecule has 0 radical (unpaired) electrons. The number of nitrogens with zero attached hydrogens (tertiary/aromatic N) is 4. The zero-order chi connectivity index (χ0) is 27.6. The number of thiophene rings is 1. The number of benzene rings is 5. The lowest BCUT2D eigenvalue weighted by molar-refractivity contribution is 1.18. The monoisotopic (exact) mass is 554 g/mol. The summed E-state index contributed by atoms with van der Waals surface area (Å²) in [6.07, 6.45) is 1.88. The summed E-state index contributed by atoms with van der Waals surface area (Å²) in [6, 6.07) is 44.6. The highest BCUT2D eigenvalue weighted by molar-refractivity contribution is 7.25. The van der Waals surface area contributed by atoms with Crippen LogP contribution in [0.1, 0.15) is 0 Å². The van der Waals surface area contributed by atoms with Gasteiger partial charge in [0.2, 0.25) is 0 Å². The molecule has 5 aromatic carbocycles. The molecule has 196 valence electrons. The van der Waals surface area contributed by atoms with Crippen molar-refractivity contribution in [2.24, 2.45) is 0 Å². The maximum Gasteiger partial charge on any atom is 0.160 e. The summed E-state index contributed by atoms with van der Waals surface area (Å²) in [4.78, 5) is 15.8. The molecule has 5 heteroatoms. The molecule has 0 aliphatic carbocycles. The van der Waals surface area contributed by atoms with Crippen LogP contribution in [-0.2, 0) is 0 Å². The van der Waals surface area contributed by atoms with E-state index in [0.29, 0.717) is 0 Å². The van der Waals surface area contributed by atoms with Gasteiger partial charge in [-0.05, 0) is 54.6 Å². The zero-order valence-corrected chi connectivity index (χ0v) is 23.2. The predicted octanol–water partition coefficient (Wildman–Crippen LogP) is 9.82. The summed E-state index contributed by atoms with van der Waals surface area (Å²) < 4.78 is 3.64. The van der Waals surface area contributed by atoms with E-state index in [1.54, 1.807) is 11.3 Å². The van der Waals surface area contributed by atoms with Crippen LogP contribution in [0.25, 0.3) is 81.3 Å². The molecule has 0 saturated carbocycles. The van der Waals surface area contributed by atoms with Crippen LogP contribution in [0.15, 0.2) is 134 Å². The first-order valence-electron chi connectivity index (χ1n) is 14.0. The average Bonchev–Trinajstić information content (AvgIpc) is 3.60. The second-order valence-corrected chi connectivity index (χ2v) is 11.5. The van der Waals surface area contributed by atoms with Crippen LogP contribution >= 0.6 is 11.3 Å². The molecule has 0 aliphatic rings. The molecule has 0 aliphatic heterocycles. The number of hydrogen-bond acceptors (Lipinski definition) is 4. The minimum absolute atomic E-state index is 0.721. The van der Waals surface area contributed by atoms with Gasteiger partial charge in [-0.15, -0.1) is 11.3 Å². The van der Waals surface area contributed by atoms with E-state index in [1.165, 1.54) is 37.3 Å². The summed E-state index contributed by atoms with van der Waals surface area (Å²) in [5.74, 6) is 0.721. The normalized spacial score (nSPS) is 11.8. The molecule has 4 nitrogen and oxygen atoms in total. The van der Waals surface area contributed by atoms with Crippen molar-refractivity contribution in [2.45, 2.75) is 0 Å². The summed E-state index contributed by atoms with van der Waals surface area (Å²) >= 11 is 1.75. The highest BCUT2D eigenvalue weighted by Gasteiger charge is 2.18.